The van der Waals surface area contributed by atoms with Gasteiger partial charge in [-0.05, 0) is 60.6 Å². The van der Waals surface area contributed by atoms with Crippen molar-refractivity contribution in [3.8, 4) is 11.4 Å². The zero-order chi connectivity index (χ0) is 33.8. The molecule has 4 nitrogen and oxygen atoms in total. The van der Waals surface area contributed by atoms with E-state index in [0.717, 1.165) is 48.9 Å². The Morgan fingerprint density at radius 3 is 2.17 bits per heavy atom. The van der Waals surface area contributed by atoms with Gasteiger partial charge in [0.15, 0.2) is 5.78 Å². The second kappa shape index (κ2) is 16.1. The average molecular weight is 830 g/mol. The van der Waals surface area contributed by atoms with Crippen molar-refractivity contribution in [2.24, 2.45) is 17.3 Å². The van der Waals surface area contributed by atoms with Gasteiger partial charge in [0.1, 0.15) is 4.83 Å². The second-order valence-corrected chi connectivity index (χ2v) is 15.8. The molecule has 2 aromatic heterocycles. The number of hydrogen-bond donors (Lipinski definition) is 1. The molecule has 0 aliphatic rings. The van der Waals surface area contributed by atoms with E-state index >= 15 is 0 Å². The van der Waals surface area contributed by atoms with Gasteiger partial charge in [-0.1, -0.05) is 104 Å². The summed E-state index contributed by atoms with van der Waals surface area (Å²) in [6, 6.07) is 21.4. The van der Waals surface area contributed by atoms with Crippen LogP contribution in [0.15, 0.2) is 66.6 Å². The summed E-state index contributed by atoms with van der Waals surface area (Å²) in [4.78, 5) is 17.7. The molecule has 6 heteroatoms. The molecule has 1 N–H and O–H groups in total. The van der Waals surface area contributed by atoms with Crippen molar-refractivity contribution in [2.45, 2.75) is 107 Å². The number of thiazole rings is 1. The molecule has 0 saturated carbocycles. The maximum Gasteiger partial charge on any atom is 0.162 e. The van der Waals surface area contributed by atoms with Crippen LogP contribution in [0.3, 0.4) is 0 Å². The molecule has 0 saturated heterocycles. The normalized spacial score (nSPS) is 12.6. The van der Waals surface area contributed by atoms with E-state index in [4.69, 9.17) is 4.98 Å². The summed E-state index contributed by atoms with van der Waals surface area (Å²) < 4.78 is 3.62. The van der Waals surface area contributed by atoms with E-state index in [9.17, 15) is 9.90 Å². The molecule has 5 rings (SSSR count). The molecule has 0 amide bonds. The predicted octanol–water partition coefficient (Wildman–Crippen LogP) is 11.9. The summed E-state index contributed by atoms with van der Waals surface area (Å²) >= 11 is 1.82. The van der Waals surface area contributed by atoms with Crippen LogP contribution < -0.4 is 0 Å². The molecule has 0 spiro atoms. The van der Waals surface area contributed by atoms with E-state index in [1.165, 1.54) is 37.6 Å². The van der Waals surface area contributed by atoms with Crippen molar-refractivity contribution < 1.29 is 30.0 Å². The van der Waals surface area contributed by atoms with Crippen LogP contribution in [0.25, 0.3) is 37.2 Å². The Balaban J connectivity index is 0.000000322. The van der Waals surface area contributed by atoms with E-state index in [0.29, 0.717) is 0 Å². The molecule has 3 aromatic carbocycles. The molecule has 0 bridgehead atoms. The van der Waals surface area contributed by atoms with Crippen LogP contribution in [0.4, 0.5) is 0 Å². The van der Waals surface area contributed by atoms with E-state index < -0.39 is 0 Å². The number of carbonyl (C=O) groups is 1. The third-order valence-electron chi connectivity index (χ3n) is 8.85. The third-order valence-corrected chi connectivity index (χ3v) is 9.89. The van der Waals surface area contributed by atoms with Gasteiger partial charge in [0.2, 0.25) is 0 Å². The number of ketones is 1. The molecule has 47 heavy (non-hydrogen) atoms. The van der Waals surface area contributed by atoms with Gasteiger partial charge in [0.05, 0.1) is 28.0 Å². The molecule has 5 aromatic rings. The minimum absolute atomic E-state index is 0. The van der Waals surface area contributed by atoms with Gasteiger partial charge < -0.3 is 9.51 Å². The fourth-order valence-electron chi connectivity index (χ4n) is 6.24. The molecule has 0 aliphatic heterocycles. The van der Waals surface area contributed by atoms with Crippen LogP contribution in [0.1, 0.15) is 106 Å². The quantitative estimate of drug-likeness (QED) is 0.0915. The molecule has 0 unspecified atom stereocenters. The van der Waals surface area contributed by atoms with Crippen molar-refractivity contribution in [3.63, 3.8) is 0 Å². The van der Waals surface area contributed by atoms with Gasteiger partial charge in [-0.3, -0.25) is 9.78 Å². The van der Waals surface area contributed by atoms with Crippen molar-refractivity contribution >= 4 is 42.9 Å². The summed E-state index contributed by atoms with van der Waals surface area (Å²) in [7, 11) is 0. The van der Waals surface area contributed by atoms with Gasteiger partial charge in [0.25, 0.3) is 0 Å². The predicted molar refractivity (Wildman–Crippen MR) is 198 cm³/mol. The Labute approximate surface area is 300 Å². The molecule has 0 atom stereocenters. The molecule has 255 valence electrons. The Kier molecular flexibility index (Phi) is 13.2. The van der Waals surface area contributed by atoms with E-state index in [1.807, 2.05) is 45.2 Å². The van der Waals surface area contributed by atoms with Crippen LogP contribution >= 0.6 is 11.3 Å². The zero-order valence-corrected chi connectivity index (χ0v) is 33.2. The fraction of sp³-hybridized carbons (Fsp3) is 0.463. The molecular formula is C41H53IrN2O2S-. The fourth-order valence-corrected chi connectivity index (χ4v) is 7.32. The van der Waals surface area contributed by atoms with Crippen LogP contribution in [0.5, 0.6) is 0 Å². The number of imidazole rings is 1. The van der Waals surface area contributed by atoms with Gasteiger partial charge >= 0.3 is 0 Å². The van der Waals surface area contributed by atoms with Crippen LogP contribution in [-0.4, -0.2) is 20.3 Å². The summed E-state index contributed by atoms with van der Waals surface area (Å²) in [5.74, 6) is 1.52. The smallest absolute Gasteiger partial charge is 0.162 e. The van der Waals surface area contributed by atoms with Gasteiger partial charge in [-0.15, -0.1) is 40.5 Å². The number of nitrogens with zero attached hydrogens (tertiary/aromatic N) is 2. The molecular weight excluding hydrogens is 777 g/mol. The third kappa shape index (κ3) is 9.22. The van der Waals surface area contributed by atoms with Crippen LogP contribution in [0.2, 0.25) is 0 Å². The summed E-state index contributed by atoms with van der Waals surface area (Å²) in [6.45, 7) is 21.8. The number of aliphatic hydroxyl groups excluding tert-OH is 1. The molecule has 0 fully saturated rings. The standard InChI is InChI=1S/C28H29N2S.C13H24O2.Ir/c1-27(2,3)16-18-11-12-23-24(13-18)31-25-17-29-26(30(23)25)20-14-19-9-7-8-10-21(19)22(15-20)28(4,5)6;1-5-10(6-2)12(14)9-13(15)11(7-3)8-4;/h7-13,15,17H,16H2,1-6H3;9-11,14H,5-8H2,1-4H3;/q-1;;/b;12-9-;. The number of carbonyl (C=O) groups excluding carboxylic acids is 1. The van der Waals surface area contributed by atoms with E-state index in [-0.39, 0.29) is 54.3 Å². The zero-order valence-electron chi connectivity index (χ0n) is 30.0. The summed E-state index contributed by atoms with van der Waals surface area (Å²) in [6.07, 6.45) is 7.99. The maximum atomic E-state index is 11.7. The SMILES string of the molecule is CC(C)(C)Cc1ccc2c(c1)sc1cnc(-c3[c-]c4ccccc4c(C(C)(C)C)c3)n12.CCC(CC)C(=O)/C=C(\O)C(CC)CC.[Ir]. The van der Waals surface area contributed by atoms with Gasteiger partial charge in [-0.2, -0.15) is 0 Å². The molecule has 2 heterocycles. The minimum atomic E-state index is 0. The van der Waals surface area contributed by atoms with Crippen molar-refractivity contribution in [1.82, 2.24) is 9.38 Å². The van der Waals surface area contributed by atoms with Crippen molar-refractivity contribution in [1.29, 1.82) is 0 Å². The Hall–Kier alpha value is -2.79. The number of aromatic nitrogens is 2. The number of allylic oxidation sites excluding steroid dienone is 2. The van der Waals surface area contributed by atoms with Gasteiger partial charge in [0, 0.05) is 38.0 Å². The van der Waals surface area contributed by atoms with Crippen LogP contribution in [0, 0.1) is 23.3 Å². The Bertz CT molecular complexity index is 1830. The first-order chi connectivity index (χ1) is 21.7. The molecule has 0 aliphatic carbocycles. The van der Waals surface area contributed by atoms with E-state index in [2.05, 4.69) is 101 Å². The minimum Gasteiger partial charge on any atom is -0.512 e. The Morgan fingerprint density at radius 2 is 1.57 bits per heavy atom. The second-order valence-electron chi connectivity index (χ2n) is 14.8. The number of hydrogen-bond acceptors (Lipinski definition) is 4. The van der Waals surface area contributed by atoms with E-state index in [1.54, 1.807) is 0 Å². The van der Waals surface area contributed by atoms with Gasteiger partial charge in [-0.25, -0.2) is 0 Å². The first-order valence-electron chi connectivity index (χ1n) is 17.0. The summed E-state index contributed by atoms with van der Waals surface area (Å²) in [5, 5.41) is 12.2. The Morgan fingerprint density at radius 1 is 0.936 bits per heavy atom. The van der Waals surface area contributed by atoms with Crippen molar-refractivity contribution in [3.05, 3.63) is 83.8 Å². The topological polar surface area (TPSA) is 54.6 Å². The van der Waals surface area contributed by atoms with Crippen LogP contribution in [-0.2, 0) is 36.7 Å². The average Bonchev–Trinajstić information content (AvgIpc) is 3.56. The number of aliphatic hydroxyl groups is 1. The number of benzene rings is 3. The number of fused-ring (bicyclic) bond motifs is 4. The summed E-state index contributed by atoms with van der Waals surface area (Å²) in [5.41, 5.74) is 5.33. The molecule has 1 radical (unpaired) electrons. The number of rotatable bonds is 9. The van der Waals surface area contributed by atoms with Crippen molar-refractivity contribution in [2.75, 3.05) is 0 Å². The first kappa shape index (κ1) is 38.7. The monoisotopic (exact) mass is 830 g/mol. The largest absolute Gasteiger partial charge is 0.512 e. The first-order valence-corrected chi connectivity index (χ1v) is 17.8. The maximum absolute atomic E-state index is 11.7.